The van der Waals surface area contributed by atoms with E-state index in [4.69, 9.17) is 0 Å². The van der Waals surface area contributed by atoms with Crippen molar-refractivity contribution >= 4 is 11.8 Å². The molecule has 0 unspecified atom stereocenters. The maximum absolute atomic E-state index is 3.64. The summed E-state index contributed by atoms with van der Waals surface area (Å²) in [4.78, 5) is 0. The summed E-state index contributed by atoms with van der Waals surface area (Å²) in [7, 11) is 0. The van der Waals surface area contributed by atoms with E-state index < -0.39 is 0 Å². The van der Waals surface area contributed by atoms with Crippen molar-refractivity contribution in [2.45, 2.75) is 43.3 Å². The molecule has 1 fully saturated rings. The van der Waals surface area contributed by atoms with Crippen molar-refractivity contribution in [2.75, 3.05) is 19.3 Å². The first-order chi connectivity index (χ1) is 8.85. The van der Waals surface area contributed by atoms with Gasteiger partial charge in [-0.2, -0.15) is 11.8 Å². The van der Waals surface area contributed by atoms with Gasteiger partial charge in [-0.3, -0.25) is 0 Å². The molecule has 1 saturated carbocycles. The van der Waals surface area contributed by atoms with Crippen molar-refractivity contribution in [1.29, 1.82) is 0 Å². The Bertz CT molecular complexity index is 327. The Morgan fingerprint density at radius 3 is 2.56 bits per heavy atom. The lowest BCUT2D eigenvalue weighted by atomic mass is 9.84. The van der Waals surface area contributed by atoms with Gasteiger partial charge in [-0.1, -0.05) is 36.8 Å². The van der Waals surface area contributed by atoms with E-state index in [0.29, 0.717) is 4.75 Å². The SMILES string of the molecule is CSC1(CNCCCCc2ccccc2)CCC1. The summed E-state index contributed by atoms with van der Waals surface area (Å²) in [6.45, 7) is 2.38. The summed E-state index contributed by atoms with van der Waals surface area (Å²) >= 11 is 2.06. The van der Waals surface area contributed by atoms with Gasteiger partial charge in [0.2, 0.25) is 0 Å². The lowest BCUT2D eigenvalue weighted by Crippen LogP contribution is -2.43. The van der Waals surface area contributed by atoms with E-state index in [-0.39, 0.29) is 0 Å². The average molecular weight is 263 g/mol. The fraction of sp³-hybridized carbons (Fsp3) is 0.625. The number of nitrogens with one attached hydrogen (secondary N) is 1. The van der Waals surface area contributed by atoms with Gasteiger partial charge < -0.3 is 5.32 Å². The van der Waals surface area contributed by atoms with Gasteiger partial charge >= 0.3 is 0 Å². The minimum atomic E-state index is 0.583. The Morgan fingerprint density at radius 2 is 1.94 bits per heavy atom. The Morgan fingerprint density at radius 1 is 1.17 bits per heavy atom. The minimum Gasteiger partial charge on any atom is -0.315 e. The maximum atomic E-state index is 3.64. The molecule has 0 aromatic heterocycles. The molecule has 0 radical (unpaired) electrons. The van der Waals surface area contributed by atoms with Crippen molar-refractivity contribution in [3.8, 4) is 0 Å². The van der Waals surface area contributed by atoms with Crippen LogP contribution in [0.2, 0.25) is 0 Å². The van der Waals surface area contributed by atoms with Crippen molar-refractivity contribution in [2.24, 2.45) is 0 Å². The molecule has 2 heteroatoms. The van der Waals surface area contributed by atoms with Crippen LogP contribution in [0.4, 0.5) is 0 Å². The van der Waals surface area contributed by atoms with Crippen LogP contribution in [0, 0.1) is 0 Å². The highest BCUT2D eigenvalue weighted by atomic mass is 32.2. The number of hydrogen-bond donors (Lipinski definition) is 1. The van der Waals surface area contributed by atoms with Gasteiger partial charge in [-0.05, 0) is 50.5 Å². The predicted molar refractivity (Wildman–Crippen MR) is 82.3 cm³/mol. The summed E-state index contributed by atoms with van der Waals surface area (Å²) in [5.74, 6) is 0. The molecule has 0 spiro atoms. The smallest absolute Gasteiger partial charge is 0.0281 e. The third-order valence-electron chi connectivity index (χ3n) is 4.06. The van der Waals surface area contributed by atoms with Crippen LogP contribution in [-0.4, -0.2) is 24.1 Å². The highest BCUT2D eigenvalue weighted by molar-refractivity contribution is 8.00. The zero-order valence-corrected chi connectivity index (χ0v) is 12.3. The molecule has 1 aliphatic carbocycles. The Hall–Kier alpha value is -0.470. The molecule has 0 atom stereocenters. The summed E-state index contributed by atoms with van der Waals surface area (Å²) in [6.07, 6.45) is 10.3. The molecule has 1 aliphatic rings. The zero-order valence-electron chi connectivity index (χ0n) is 11.5. The molecule has 1 aromatic rings. The van der Waals surface area contributed by atoms with Crippen molar-refractivity contribution < 1.29 is 0 Å². The zero-order chi connectivity index (χ0) is 12.7. The van der Waals surface area contributed by atoms with E-state index in [1.807, 2.05) is 0 Å². The molecule has 1 aromatic carbocycles. The van der Waals surface area contributed by atoms with Gasteiger partial charge in [0.05, 0.1) is 0 Å². The van der Waals surface area contributed by atoms with Crippen LogP contribution < -0.4 is 5.32 Å². The number of aryl methyl sites for hydroxylation is 1. The Kier molecular flexibility index (Phi) is 5.58. The van der Waals surface area contributed by atoms with Crippen molar-refractivity contribution in [3.05, 3.63) is 35.9 Å². The van der Waals surface area contributed by atoms with Crippen LogP contribution >= 0.6 is 11.8 Å². The van der Waals surface area contributed by atoms with Crippen LogP contribution in [0.3, 0.4) is 0 Å². The monoisotopic (exact) mass is 263 g/mol. The number of benzene rings is 1. The molecule has 18 heavy (non-hydrogen) atoms. The van der Waals surface area contributed by atoms with Gasteiger partial charge in [0, 0.05) is 11.3 Å². The standard InChI is InChI=1S/C16H25NS/c1-18-16(11-7-12-16)14-17-13-6-5-10-15-8-3-2-4-9-15/h2-4,8-9,17H,5-7,10-14H2,1H3. The third kappa shape index (κ3) is 4.03. The van der Waals surface area contributed by atoms with Crippen LogP contribution in [0.5, 0.6) is 0 Å². The van der Waals surface area contributed by atoms with Crippen LogP contribution in [0.15, 0.2) is 30.3 Å². The van der Waals surface area contributed by atoms with E-state index in [2.05, 4.69) is 53.7 Å². The second kappa shape index (κ2) is 7.20. The quantitative estimate of drug-likeness (QED) is 0.714. The first-order valence-electron chi connectivity index (χ1n) is 7.14. The molecule has 2 rings (SSSR count). The van der Waals surface area contributed by atoms with E-state index in [0.717, 1.165) is 0 Å². The minimum absolute atomic E-state index is 0.583. The molecular weight excluding hydrogens is 238 g/mol. The molecule has 0 aliphatic heterocycles. The lowest BCUT2D eigenvalue weighted by molar-refractivity contribution is 0.345. The number of thioether (sulfide) groups is 1. The highest BCUT2D eigenvalue weighted by Gasteiger charge is 2.35. The van der Waals surface area contributed by atoms with Gasteiger partial charge in [0.15, 0.2) is 0 Å². The fourth-order valence-electron chi connectivity index (χ4n) is 2.56. The first-order valence-corrected chi connectivity index (χ1v) is 8.37. The van der Waals surface area contributed by atoms with Gasteiger partial charge in [0.1, 0.15) is 0 Å². The van der Waals surface area contributed by atoms with Gasteiger partial charge in [0.25, 0.3) is 0 Å². The third-order valence-corrected chi connectivity index (χ3v) is 5.48. The molecule has 1 nitrogen and oxygen atoms in total. The average Bonchev–Trinajstić information content (AvgIpc) is 2.37. The second-order valence-electron chi connectivity index (χ2n) is 5.36. The number of hydrogen-bond acceptors (Lipinski definition) is 2. The van der Waals surface area contributed by atoms with E-state index in [1.165, 1.54) is 57.2 Å². The number of unbranched alkanes of at least 4 members (excludes halogenated alkanes) is 1. The van der Waals surface area contributed by atoms with Crippen LogP contribution in [0.1, 0.15) is 37.7 Å². The van der Waals surface area contributed by atoms with Gasteiger partial charge in [-0.25, -0.2) is 0 Å². The molecule has 0 heterocycles. The maximum Gasteiger partial charge on any atom is 0.0281 e. The second-order valence-corrected chi connectivity index (χ2v) is 6.63. The summed E-state index contributed by atoms with van der Waals surface area (Å²) in [6, 6.07) is 10.8. The Balaban J connectivity index is 1.51. The van der Waals surface area contributed by atoms with Crippen LogP contribution in [0.25, 0.3) is 0 Å². The molecule has 0 bridgehead atoms. The molecule has 1 N–H and O–H groups in total. The molecule has 0 amide bonds. The summed E-state index contributed by atoms with van der Waals surface area (Å²) in [5, 5.41) is 3.64. The predicted octanol–water partition coefficient (Wildman–Crippen LogP) is 3.88. The van der Waals surface area contributed by atoms with Crippen LogP contribution in [-0.2, 0) is 6.42 Å². The fourth-order valence-corrected chi connectivity index (χ4v) is 3.51. The lowest BCUT2D eigenvalue weighted by Gasteiger charge is -2.40. The van der Waals surface area contributed by atoms with Gasteiger partial charge in [-0.15, -0.1) is 0 Å². The molecule has 0 saturated heterocycles. The first kappa shape index (κ1) is 14.0. The highest BCUT2D eigenvalue weighted by Crippen LogP contribution is 2.42. The summed E-state index contributed by atoms with van der Waals surface area (Å²) < 4.78 is 0.583. The topological polar surface area (TPSA) is 12.0 Å². The molecular formula is C16H25NS. The van der Waals surface area contributed by atoms with E-state index in [1.54, 1.807) is 0 Å². The number of rotatable bonds is 8. The molecule has 100 valence electrons. The van der Waals surface area contributed by atoms with Crippen molar-refractivity contribution in [1.82, 2.24) is 5.32 Å². The van der Waals surface area contributed by atoms with E-state index >= 15 is 0 Å². The Labute approximate surface area is 116 Å². The van der Waals surface area contributed by atoms with E-state index in [9.17, 15) is 0 Å². The van der Waals surface area contributed by atoms with Crippen molar-refractivity contribution in [3.63, 3.8) is 0 Å². The summed E-state index contributed by atoms with van der Waals surface area (Å²) in [5.41, 5.74) is 1.47. The normalized spacial score (nSPS) is 17.4. The largest absolute Gasteiger partial charge is 0.315 e.